The molecule has 9 nitrogen and oxygen atoms in total. The zero-order valence-electron chi connectivity index (χ0n) is 28.5. The highest BCUT2D eigenvalue weighted by Crippen LogP contribution is 2.46. The van der Waals surface area contributed by atoms with Gasteiger partial charge in [-0.2, -0.15) is 5.10 Å². The Morgan fingerprint density at radius 1 is 0.980 bits per heavy atom. The Hall–Kier alpha value is -5.23. The largest absolute Gasteiger partial charge is 0.365 e. The number of hydrogen-bond donors (Lipinski definition) is 1. The van der Waals surface area contributed by atoms with Gasteiger partial charge in [0.1, 0.15) is 5.82 Å². The van der Waals surface area contributed by atoms with Crippen molar-refractivity contribution in [3.8, 4) is 0 Å². The van der Waals surface area contributed by atoms with E-state index in [1.54, 1.807) is 23.0 Å². The molecule has 1 aliphatic heterocycles. The first kappa shape index (κ1) is 32.9. The molecule has 4 heterocycles. The Morgan fingerprint density at radius 3 is 2.53 bits per heavy atom. The minimum absolute atomic E-state index is 0.0889. The number of anilines is 2. The summed E-state index contributed by atoms with van der Waals surface area (Å²) in [6.07, 6.45) is 4.52. The molecule has 3 aromatic heterocycles. The number of aryl methyl sites for hydroxylation is 3. The van der Waals surface area contributed by atoms with Crippen LogP contribution in [-0.4, -0.2) is 39.8 Å². The summed E-state index contributed by atoms with van der Waals surface area (Å²) < 4.78 is 59.1. The molecule has 51 heavy (non-hydrogen) atoms. The van der Waals surface area contributed by atoms with Gasteiger partial charge in [-0.05, 0) is 73.2 Å². The number of amides is 1. The summed E-state index contributed by atoms with van der Waals surface area (Å²) in [7, 11) is -2.26. The lowest BCUT2D eigenvalue weighted by Gasteiger charge is -2.31. The molecule has 0 saturated heterocycles. The maximum absolute atomic E-state index is 15.2. The standard InChI is InChI=1S/C39H36F2N6O3S/c1-23-7-8-25(17-24(23)2)19-43-37-30-21-44-46(3)35(30)29-13-9-26(18-33(29)45-37)22-47(38(48)28-12-14-32(42-20-28)27-10-11-27)34-6-4-5-31-36(34)51(49,50)16-15-39(31,40)41/h4-9,12-14,17-18,20-21,27H,10-11,15-16,19,22H2,1-3H3,(H,43,45). The number of halogens is 2. The molecule has 1 saturated carbocycles. The maximum Gasteiger partial charge on any atom is 0.275 e. The van der Waals surface area contributed by atoms with Gasteiger partial charge in [0.2, 0.25) is 0 Å². The highest BCUT2D eigenvalue weighted by Gasteiger charge is 2.45. The number of nitrogens with one attached hydrogen (secondary N) is 1. The van der Waals surface area contributed by atoms with E-state index in [2.05, 4.69) is 47.4 Å². The summed E-state index contributed by atoms with van der Waals surface area (Å²) in [4.78, 5) is 24.6. The number of sulfone groups is 1. The van der Waals surface area contributed by atoms with Crippen molar-refractivity contribution in [2.24, 2.45) is 7.05 Å². The summed E-state index contributed by atoms with van der Waals surface area (Å²) >= 11 is 0. The van der Waals surface area contributed by atoms with Crippen LogP contribution in [0.5, 0.6) is 0 Å². The third kappa shape index (κ3) is 6.01. The van der Waals surface area contributed by atoms with Gasteiger partial charge < -0.3 is 10.2 Å². The molecule has 0 bridgehead atoms. The molecule has 0 unspecified atom stereocenters. The molecule has 0 atom stereocenters. The third-order valence-corrected chi connectivity index (χ3v) is 11.9. The topological polar surface area (TPSA) is 110 Å². The second-order valence-electron chi connectivity index (χ2n) is 13.7. The fourth-order valence-corrected chi connectivity index (χ4v) is 8.70. The molecule has 0 spiro atoms. The monoisotopic (exact) mass is 706 g/mol. The van der Waals surface area contributed by atoms with Gasteiger partial charge in [0, 0.05) is 48.8 Å². The van der Waals surface area contributed by atoms with Gasteiger partial charge in [0.25, 0.3) is 11.8 Å². The van der Waals surface area contributed by atoms with Gasteiger partial charge in [-0.3, -0.25) is 14.5 Å². The molecule has 1 aliphatic carbocycles. The Kier molecular flexibility index (Phi) is 7.90. The third-order valence-electron chi connectivity index (χ3n) is 10.1. The zero-order valence-corrected chi connectivity index (χ0v) is 29.3. The molecule has 260 valence electrons. The van der Waals surface area contributed by atoms with E-state index in [1.807, 2.05) is 25.2 Å². The molecule has 12 heteroatoms. The van der Waals surface area contributed by atoms with Crippen molar-refractivity contribution in [2.75, 3.05) is 16.0 Å². The number of pyridine rings is 2. The van der Waals surface area contributed by atoms with Crippen LogP contribution in [0, 0.1) is 13.8 Å². The second-order valence-corrected chi connectivity index (χ2v) is 15.7. The summed E-state index contributed by atoms with van der Waals surface area (Å²) in [5.74, 6) is -3.62. The second kappa shape index (κ2) is 12.2. The van der Waals surface area contributed by atoms with Gasteiger partial charge in [-0.15, -0.1) is 0 Å². The van der Waals surface area contributed by atoms with Crippen LogP contribution in [0.3, 0.4) is 0 Å². The highest BCUT2D eigenvalue weighted by molar-refractivity contribution is 7.91. The first-order valence-corrected chi connectivity index (χ1v) is 18.6. The van der Waals surface area contributed by atoms with E-state index in [0.29, 0.717) is 29.4 Å². The van der Waals surface area contributed by atoms with Gasteiger partial charge in [-0.25, -0.2) is 22.2 Å². The van der Waals surface area contributed by atoms with E-state index in [0.717, 1.165) is 46.5 Å². The predicted molar refractivity (Wildman–Crippen MR) is 193 cm³/mol. The molecule has 6 aromatic rings. The lowest BCUT2D eigenvalue weighted by molar-refractivity contribution is -0.0126. The van der Waals surface area contributed by atoms with E-state index >= 15 is 8.78 Å². The molecule has 3 aromatic carbocycles. The van der Waals surface area contributed by atoms with Gasteiger partial charge in [-0.1, -0.05) is 42.5 Å². The van der Waals surface area contributed by atoms with Crippen molar-refractivity contribution in [3.63, 3.8) is 0 Å². The lowest BCUT2D eigenvalue weighted by Crippen LogP contribution is -2.35. The first-order chi connectivity index (χ1) is 24.4. The number of carbonyl (C=O) groups excluding carboxylic acids is 1. The van der Waals surface area contributed by atoms with Gasteiger partial charge >= 0.3 is 0 Å². The van der Waals surface area contributed by atoms with Crippen LogP contribution in [0.15, 0.2) is 84.0 Å². The van der Waals surface area contributed by atoms with Crippen LogP contribution >= 0.6 is 0 Å². The first-order valence-electron chi connectivity index (χ1n) is 17.0. The van der Waals surface area contributed by atoms with Crippen molar-refractivity contribution in [1.29, 1.82) is 0 Å². The molecule has 1 fully saturated rings. The molecule has 1 N–H and O–H groups in total. The quantitative estimate of drug-likeness (QED) is 0.173. The zero-order chi connectivity index (χ0) is 35.7. The van der Waals surface area contributed by atoms with Crippen LogP contribution < -0.4 is 10.2 Å². The predicted octanol–water partition coefficient (Wildman–Crippen LogP) is 7.74. The number of hydrogen-bond acceptors (Lipinski definition) is 7. The summed E-state index contributed by atoms with van der Waals surface area (Å²) in [6.45, 7) is 4.59. The van der Waals surface area contributed by atoms with Crippen LogP contribution in [0.25, 0.3) is 21.8 Å². The van der Waals surface area contributed by atoms with Crippen molar-refractivity contribution < 1.29 is 22.0 Å². The number of benzene rings is 3. The van der Waals surface area contributed by atoms with Crippen molar-refractivity contribution in [2.45, 2.75) is 62.9 Å². The number of rotatable bonds is 8. The average molecular weight is 707 g/mol. The smallest absolute Gasteiger partial charge is 0.275 e. The minimum atomic E-state index is -4.12. The van der Waals surface area contributed by atoms with Crippen LogP contribution in [0.1, 0.15) is 69.0 Å². The summed E-state index contributed by atoms with van der Waals surface area (Å²) in [6, 6.07) is 19.3. The Balaban J connectivity index is 1.22. The Bertz CT molecular complexity index is 2480. The fraction of sp³-hybridized carbons (Fsp3) is 0.282. The summed E-state index contributed by atoms with van der Waals surface area (Å²) in [5.41, 5.74) is 6.08. The van der Waals surface area contributed by atoms with Crippen LogP contribution in [-0.2, 0) is 35.9 Å². The fourth-order valence-electron chi connectivity index (χ4n) is 6.92. The summed E-state index contributed by atoms with van der Waals surface area (Å²) in [5, 5.41) is 9.66. The van der Waals surface area contributed by atoms with E-state index in [1.165, 1.54) is 34.4 Å². The number of alkyl halides is 2. The molecule has 8 rings (SSSR count). The van der Waals surface area contributed by atoms with E-state index in [-0.39, 0.29) is 17.8 Å². The number of aromatic nitrogens is 4. The van der Waals surface area contributed by atoms with Crippen molar-refractivity contribution >= 4 is 49.1 Å². The molecule has 2 aliphatic rings. The Morgan fingerprint density at radius 2 is 1.78 bits per heavy atom. The van der Waals surface area contributed by atoms with Crippen LogP contribution in [0.4, 0.5) is 20.3 Å². The SMILES string of the molecule is Cc1ccc(CNc2nc3cc(CN(C(=O)c4ccc(C5CC5)nc4)c4cccc5c4S(=O)(=O)CCC5(F)F)ccc3c3c2cnn3C)cc1C. The maximum atomic E-state index is 15.2. The molecular weight excluding hydrogens is 671 g/mol. The van der Waals surface area contributed by atoms with E-state index in [4.69, 9.17) is 4.98 Å². The molecular formula is C39H36F2N6O3S. The number of fused-ring (bicyclic) bond motifs is 4. The Labute approximate surface area is 294 Å². The van der Waals surface area contributed by atoms with Gasteiger partial charge in [0.15, 0.2) is 9.84 Å². The van der Waals surface area contributed by atoms with Crippen LogP contribution in [0.2, 0.25) is 0 Å². The number of nitrogens with zero attached hydrogens (tertiary/aromatic N) is 5. The van der Waals surface area contributed by atoms with E-state index < -0.39 is 44.3 Å². The van der Waals surface area contributed by atoms with Crippen molar-refractivity contribution in [3.05, 3.63) is 118 Å². The highest BCUT2D eigenvalue weighted by atomic mass is 32.2. The average Bonchev–Trinajstić information content (AvgIpc) is 3.90. The normalized spacial score (nSPS) is 16.3. The van der Waals surface area contributed by atoms with E-state index in [9.17, 15) is 13.2 Å². The van der Waals surface area contributed by atoms with Crippen molar-refractivity contribution in [1.82, 2.24) is 19.7 Å². The lowest BCUT2D eigenvalue weighted by atomic mass is 10.0. The van der Waals surface area contributed by atoms with Gasteiger partial charge in [0.05, 0.1) is 51.1 Å². The minimum Gasteiger partial charge on any atom is -0.365 e. The molecule has 1 amide bonds. The number of carbonyl (C=O) groups is 1. The molecule has 0 radical (unpaired) electrons.